The molecule has 2 aromatic rings. The first-order valence-corrected chi connectivity index (χ1v) is 8.89. The highest BCUT2D eigenvalue weighted by molar-refractivity contribution is 6.31. The lowest BCUT2D eigenvalue weighted by Gasteiger charge is -2.35. The van der Waals surface area contributed by atoms with Crippen LogP contribution >= 0.6 is 11.6 Å². The smallest absolute Gasteiger partial charge is 0.257 e. The summed E-state index contributed by atoms with van der Waals surface area (Å²) >= 11 is 5.86. The molecule has 3 rings (SSSR count). The topological polar surface area (TPSA) is 40.6 Å². The molecule has 6 heteroatoms. The van der Waals surface area contributed by atoms with Crippen LogP contribution in [0.1, 0.15) is 21.5 Å². The number of aryl methyl sites for hydroxylation is 1. The van der Waals surface area contributed by atoms with E-state index in [4.69, 9.17) is 11.6 Å². The van der Waals surface area contributed by atoms with Crippen molar-refractivity contribution in [1.82, 2.24) is 9.80 Å². The molecule has 0 unspecified atom stereocenters. The summed E-state index contributed by atoms with van der Waals surface area (Å²) in [6.45, 7) is 3.65. The number of piperazine rings is 1. The zero-order chi connectivity index (χ0) is 18.7. The Hall–Kier alpha value is -2.40. The second-order valence-electron chi connectivity index (χ2n) is 6.46. The number of benzene rings is 2. The van der Waals surface area contributed by atoms with Crippen LogP contribution in [0.25, 0.3) is 0 Å². The molecule has 4 nitrogen and oxygen atoms in total. The van der Waals surface area contributed by atoms with Crippen LogP contribution in [0.4, 0.5) is 4.39 Å². The number of halogens is 2. The molecule has 2 amide bonds. The maximum absolute atomic E-state index is 13.9. The molecule has 1 fully saturated rings. The molecule has 0 saturated carbocycles. The van der Waals surface area contributed by atoms with E-state index in [1.165, 1.54) is 18.2 Å². The van der Waals surface area contributed by atoms with Crippen molar-refractivity contribution < 1.29 is 14.0 Å². The SMILES string of the molecule is Cc1ccc(CC(=O)N2CCN(C(=O)c3cc(Cl)ccc3F)CC2)cc1. The van der Waals surface area contributed by atoms with E-state index in [1.807, 2.05) is 31.2 Å². The Kier molecular flexibility index (Phi) is 5.57. The average Bonchev–Trinajstić information content (AvgIpc) is 2.65. The number of hydrogen-bond donors (Lipinski definition) is 0. The van der Waals surface area contributed by atoms with Gasteiger partial charge >= 0.3 is 0 Å². The van der Waals surface area contributed by atoms with E-state index < -0.39 is 11.7 Å². The van der Waals surface area contributed by atoms with E-state index in [1.54, 1.807) is 9.80 Å². The molecule has 1 saturated heterocycles. The molecule has 0 N–H and O–H groups in total. The maximum atomic E-state index is 13.9. The molecule has 0 atom stereocenters. The van der Waals surface area contributed by atoms with E-state index in [0.29, 0.717) is 37.6 Å². The van der Waals surface area contributed by atoms with Gasteiger partial charge in [-0.25, -0.2) is 4.39 Å². The average molecular weight is 375 g/mol. The second kappa shape index (κ2) is 7.87. The fourth-order valence-corrected chi connectivity index (χ4v) is 3.16. The standard InChI is InChI=1S/C20H20ClFN2O2/c1-14-2-4-15(5-3-14)12-19(25)23-8-10-24(11-9-23)20(26)17-13-16(21)6-7-18(17)22/h2-7,13H,8-12H2,1H3. The summed E-state index contributed by atoms with van der Waals surface area (Å²) in [5.74, 6) is -0.942. The largest absolute Gasteiger partial charge is 0.339 e. The normalized spacial score (nSPS) is 14.4. The van der Waals surface area contributed by atoms with Gasteiger partial charge in [0.05, 0.1) is 12.0 Å². The maximum Gasteiger partial charge on any atom is 0.257 e. The van der Waals surface area contributed by atoms with Gasteiger partial charge in [-0.1, -0.05) is 41.4 Å². The van der Waals surface area contributed by atoms with Crippen molar-refractivity contribution >= 4 is 23.4 Å². The van der Waals surface area contributed by atoms with E-state index in [-0.39, 0.29) is 11.5 Å². The minimum atomic E-state index is -0.586. The molecule has 0 aliphatic carbocycles. The van der Waals surface area contributed by atoms with Crippen LogP contribution in [0.3, 0.4) is 0 Å². The number of carbonyl (C=O) groups is 2. The van der Waals surface area contributed by atoms with Crippen molar-refractivity contribution in [3.8, 4) is 0 Å². The molecule has 26 heavy (non-hydrogen) atoms. The Balaban J connectivity index is 1.58. The summed E-state index contributed by atoms with van der Waals surface area (Å²) in [6, 6.07) is 11.8. The van der Waals surface area contributed by atoms with Gasteiger partial charge in [0.2, 0.25) is 5.91 Å². The van der Waals surface area contributed by atoms with Crippen LogP contribution < -0.4 is 0 Å². The summed E-state index contributed by atoms with van der Waals surface area (Å²) in [6.07, 6.45) is 0.344. The van der Waals surface area contributed by atoms with Crippen molar-refractivity contribution in [2.45, 2.75) is 13.3 Å². The van der Waals surface area contributed by atoms with Crippen LogP contribution in [-0.4, -0.2) is 47.8 Å². The predicted molar refractivity (Wildman–Crippen MR) is 98.8 cm³/mol. The van der Waals surface area contributed by atoms with Crippen molar-refractivity contribution in [1.29, 1.82) is 0 Å². The van der Waals surface area contributed by atoms with Crippen LogP contribution in [0.5, 0.6) is 0 Å². The van der Waals surface area contributed by atoms with Gasteiger partial charge < -0.3 is 9.80 Å². The third-order valence-corrected chi connectivity index (χ3v) is 4.79. The summed E-state index contributed by atoms with van der Waals surface area (Å²) in [7, 11) is 0. The number of rotatable bonds is 3. The molecule has 136 valence electrons. The first-order chi connectivity index (χ1) is 12.4. The highest BCUT2D eigenvalue weighted by atomic mass is 35.5. The van der Waals surface area contributed by atoms with Crippen molar-refractivity contribution in [2.75, 3.05) is 26.2 Å². The summed E-state index contributed by atoms with van der Waals surface area (Å²) in [5, 5.41) is 0.321. The van der Waals surface area contributed by atoms with Crippen LogP contribution in [0.2, 0.25) is 5.02 Å². The van der Waals surface area contributed by atoms with Gasteiger partial charge in [0, 0.05) is 31.2 Å². The van der Waals surface area contributed by atoms with Crippen LogP contribution in [0.15, 0.2) is 42.5 Å². The minimum absolute atomic E-state index is 0.0306. The lowest BCUT2D eigenvalue weighted by molar-refractivity contribution is -0.131. The summed E-state index contributed by atoms with van der Waals surface area (Å²) in [4.78, 5) is 28.2. The summed E-state index contributed by atoms with van der Waals surface area (Å²) in [5.41, 5.74) is 2.10. The van der Waals surface area contributed by atoms with Crippen molar-refractivity contribution in [3.63, 3.8) is 0 Å². The minimum Gasteiger partial charge on any atom is -0.339 e. The molecule has 1 heterocycles. The third-order valence-electron chi connectivity index (χ3n) is 4.55. The molecular formula is C20H20ClFN2O2. The second-order valence-corrected chi connectivity index (χ2v) is 6.90. The van der Waals surface area contributed by atoms with Gasteiger partial charge in [-0.15, -0.1) is 0 Å². The van der Waals surface area contributed by atoms with Gasteiger partial charge in [0.25, 0.3) is 5.91 Å². The molecule has 0 spiro atoms. The Morgan fingerprint density at radius 2 is 1.62 bits per heavy atom. The fraction of sp³-hybridized carbons (Fsp3) is 0.300. The molecule has 1 aliphatic rings. The molecule has 1 aliphatic heterocycles. The van der Waals surface area contributed by atoms with E-state index >= 15 is 0 Å². The predicted octanol–water partition coefficient (Wildman–Crippen LogP) is 3.31. The van der Waals surface area contributed by atoms with E-state index in [9.17, 15) is 14.0 Å². The molecule has 2 aromatic carbocycles. The number of amides is 2. The number of carbonyl (C=O) groups excluding carboxylic acids is 2. The summed E-state index contributed by atoms with van der Waals surface area (Å²) < 4.78 is 13.9. The highest BCUT2D eigenvalue weighted by Gasteiger charge is 2.26. The Morgan fingerprint density at radius 1 is 1.00 bits per heavy atom. The quantitative estimate of drug-likeness (QED) is 0.827. The number of nitrogens with zero attached hydrogens (tertiary/aromatic N) is 2. The molecule has 0 aromatic heterocycles. The fourth-order valence-electron chi connectivity index (χ4n) is 2.98. The number of hydrogen-bond acceptors (Lipinski definition) is 2. The van der Waals surface area contributed by atoms with Gasteiger partial charge in [-0.05, 0) is 30.7 Å². The lowest BCUT2D eigenvalue weighted by Crippen LogP contribution is -2.51. The monoisotopic (exact) mass is 374 g/mol. The van der Waals surface area contributed by atoms with E-state index in [2.05, 4.69) is 0 Å². The first kappa shape index (κ1) is 18.4. The van der Waals surface area contributed by atoms with Gasteiger partial charge in [-0.2, -0.15) is 0 Å². The Labute approximate surface area is 157 Å². The van der Waals surface area contributed by atoms with E-state index in [0.717, 1.165) is 11.1 Å². The first-order valence-electron chi connectivity index (χ1n) is 8.51. The molecular weight excluding hydrogens is 355 g/mol. The van der Waals surface area contributed by atoms with Gasteiger partial charge in [0.1, 0.15) is 5.82 Å². The molecule has 0 bridgehead atoms. The van der Waals surface area contributed by atoms with Gasteiger partial charge in [0.15, 0.2) is 0 Å². The molecule has 0 radical (unpaired) electrons. The Bertz CT molecular complexity index is 815. The van der Waals surface area contributed by atoms with Gasteiger partial charge in [-0.3, -0.25) is 9.59 Å². The van der Waals surface area contributed by atoms with Crippen molar-refractivity contribution in [2.24, 2.45) is 0 Å². The van der Waals surface area contributed by atoms with Crippen LogP contribution in [-0.2, 0) is 11.2 Å². The van der Waals surface area contributed by atoms with Crippen LogP contribution in [0, 0.1) is 12.7 Å². The lowest BCUT2D eigenvalue weighted by atomic mass is 10.1. The zero-order valence-corrected chi connectivity index (χ0v) is 15.3. The highest BCUT2D eigenvalue weighted by Crippen LogP contribution is 2.18. The Morgan fingerprint density at radius 3 is 2.27 bits per heavy atom. The van der Waals surface area contributed by atoms with Crippen molar-refractivity contribution in [3.05, 3.63) is 70.0 Å². The third kappa shape index (κ3) is 4.22. The zero-order valence-electron chi connectivity index (χ0n) is 14.5.